The number of ether oxygens (including phenoxy) is 1. The second-order valence-corrected chi connectivity index (χ2v) is 7.58. The Bertz CT molecular complexity index is 570. The van der Waals surface area contributed by atoms with Gasteiger partial charge in [-0.25, -0.2) is 8.42 Å². The van der Waals surface area contributed by atoms with Crippen LogP contribution in [0.4, 0.5) is 0 Å². The van der Waals surface area contributed by atoms with E-state index in [4.69, 9.17) is 4.74 Å². The molecule has 2 atom stereocenters. The van der Waals surface area contributed by atoms with Crippen molar-refractivity contribution in [3.8, 4) is 5.75 Å². The molecule has 0 saturated heterocycles. The molecule has 20 heavy (non-hydrogen) atoms. The lowest BCUT2D eigenvalue weighted by Crippen LogP contribution is -2.42. The van der Waals surface area contributed by atoms with Gasteiger partial charge in [-0.05, 0) is 27.8 Å². The first-order valence-electron chi connectivity index (χ1n) is 6.57. The van der Waals surface area contributed by atoms with Crippen LogP contribution in [0.1, 0.15) is 23.7 Å². The molecule has 0 fully saturated rings. The summed E-state index contributed by atoms with van der Waals surface area (Å²) in [6, 6.07) is -0.177. The topological polar surface area (TPSA) is 68.3 Å². The van der Waals surface area contributed by atoms with Gasteiger partial charge in [0.1, 0.15) is 5.75 Å². The largest absolute Gasteiger partial charge is 0.496 e. The second-order valence-electron chi connectivity index (χ2n) is 5.18. The van der Waals surface area contributed by atoms with Crippen molar-refractivity contribution in [2.45, 2.75) is 38.5 Å². The van der Waals surface area contributed by atoms with E-state index in [1.807, 2.05) is 13.8 Å². The van der Waals surface area contributed by atoms with Crippen LogP contribution in [-0.4, -0.2) is 45.1 Å². The van der Waals surface area contributed by atoms with Crippen LogP contribution in [0, 0.1) is 13.8 Å². The lowest BCUT2D eigenvalue weighted by molar-refractivity contribution is 0.406. The fraction of sp³-hybridized carbons (Fsp3) is 0.643. The maximum Gasteiger partial charge on any atom is 0.151 e. The fourth-order valence-electron chi connectivity index (χ4n) is 2.29. The van der Waals surface area contributed by atoms with E-state index in [1.54, 1.807) is 27.3 Å². The number of likely N-dealkylation sites (N-methyl/N-ethyl adjacent to an activating group) is 1. The van der Waals surface area contributed by atoms with Crippen molar-refractivity contribution in [3.05, 3.63) is 23.0 Å². The predicted molar refractivity (Wildman–Crippen MR) is 81.1 cm³/mol. The normalized spacial score (nSPS) is 14.9. The van der Waals surface area contributed by atoms with Crippen molar-refractivity contribution >= 4 is 9.84 Å². The van der Waals surface area contributed by atoms with Gasteiger partial charge in [-0.15, -0.1) is 0 Å². The molecule has 1 aromatic rings. The van der Waals surface area contributed by atoms with Crippen LogP contribution in [0.5, 0.6) is 5.75 Å². The van der Waals surface area contributed by atoms with Gasteiger partial charge in [0.15, 0.2) is 9.84 Å². The Morgan fingerprint density at radius 1 is 1.40 bits per heavy atom. The highest BCUT2D eigenvalue weighted by atomic mass is 32.2. The van der Waals surface area contributed by atoms with E-state index in [9.17, 15) is 8.42 Å². The minimum atomic E-state index is -3.09. The van der Waals surface area contributed by atoms with E-state index in [2.05, 4.69) is 10.3 Å². The van der Waals surface area contributed by atoms with E-state index in [1.165, 1.54) is 6.26 Å². The van der Waals surface area contributed by atoms with Gasteiger partial charge in [0.05, 0.1) is 12.4 Å². The highest BCUT2D eigenvalue weighted by Crippen LogP contribution is 2.25. The number of methoxy groups -OCH3 is 1. The zero-order valence-electron chi connectivity index (χ0n) is 13.0. The van der Waals surface area contributed by atoms with Gasteiger partial charge in [-0.1, -0.05) is 0 Å². The average molecular weight is 300 g/mol. The Hall–Kier alpha value is -1.14. The number of aryl methyl sites for hydroxylation is 1. The van der Waals surface area contributed by atoms with Crippen LogP contribution in [-0.2, 0) is 16.3 Å². The lowest BCUT2D eigenvalue weighted by Gasteiger charge is -2.23. The third kappa shape index (κ3) is 3.70. The molecule has 0 saturated carbocycles. The monoisotopic (exact) mass is 300 g/mol. The molecule has 1 heterocycles. The summed E-state index contributed by atoms with van der Waals surface area (Å²) in [7, 11) is 0.311. The molecule has 1 rings (SSSR count). The molecule has 2 unspecified atom stereocenters. The minimum Gasteiger partial charge on any atom is -0.496 e. The van der Waals surface area contributed by atoms with Crippen molar-refractivity contribution in [2.24, 2.45) is 0 Å². The standard InChI is InChI=1S/C14H24N2O3S/c1-9-8-16-12(10(2)14(9)19-5)7-13(15-4)11(3)20(6,17)18/h8,11,13,15H,7H2,1-6H3. The molecule has 0 aromatic carbocycles. The van der Waals surface area contributed by atoms with Gasteiger partial charge in [-0.2, -0.15) is 0 Å². The smallest absolute Gasteiger partial charge is 0.151 e. The quantitative estimate of drug-likeness (QED) is 0.857. The van der Waals surface area contributed by atoms with Gasteiger partial charge >= 0.3 is 0 Å². The van der Waals surface area contributed by atoms with Crippen molar-refractivity contribution in [2.75, 3.05) is 20.4 Å². The molecule has 0 aliphatic rings. The maximum absolute atomic E-state index is 11.7. The summed E-state index contributed by atoms with van der Waals surface area (Å²) in [5.41, 5.74) is 2.81. The van der Waals surface area contributed by atoms with Crippen molar-refractivity contribution in [1.29, 1.82) is 0 Å². The number of hydrogen-bond donors (Lipinski definition) is 1. The van der Waals surface area contributed by atoms with Crippen LogP contribution < -0.4 is 10.1 Å². The molecule has 0 aliphatic carbocycles. The SMILES string of the molecule is CNC(Cc1ncc(C)c(OC)c1C)C(C)S(C)(=O)=O. The third-order valence-corrected chi connectivity index (χ3v) is 5.46. The van der Waals surface area contributed by atoms with E-state index in [0.717, 1.165) is 22.6 Å². The van der Waals surface area contributed by atoms with E-state index < -0.39 is 15.1 Å². The second kappa shape index (κ2) is 6.54. The Morgan fingerprint density at radius 2 is 2.00 bits per heavy atom. The van der Waals surface area contributed by atoms with E-state index in [0.29, 0.717) is 6.42 Å². The first kappa shape index (κ1) is 16.9. The van der Waals surface area contributed by atoms with E-state index in [-0.39, 0.29) is 6.04 Å². The maximum atomic E-state index is 11.7. The molecule has 0 aliphatic heterocycles. The predicted octanol–water partition coefficient (Wildman–Crippen LogP) is 1.27. The summed E-state index contributed by atoms with van der Waals surface area (Å²) in [5, 5.41) is 2.60. The van der Waals surface area contributed by atoms with E-state index >= 15 is 0 Å². The van der Waals surface area contributed by atoms with Crippen molar-refractivity contribution in [1.82, 2.24) is 10.3 Å². The molecule has 1 N–H and O–H groups in total. The molecular weight excluding hydrogens is 276 g/mol. The van der Waals surface area contributed by atoms with Gasteiger partial charge in [-0.3, -0.25) is 4.98 Å². The van der Waals surface area contributed by atoms with Crippen LogP contribution in [0.25, 0.3) is 0 Å². The van der Waals surface area contributed by atoms with Gasteiger partial charge < -0.3 is 10.1 Å². The van der Waals surface area contributed by atoms with Gasteiger partial charge in [0.25, 0.3) is 0 Å². The molecule has 5 nitrogen and oxygen atoms in total. The van der Waals surface area contributed by atoms with Crippen LogP contribution in [0.2, 0.25) is 0 Å². The molecule has 0 radical (unpaired) electrons. The molecule has 0 bridgehead atoms. The molecule has 6 heteroatoms. The molecule has 0 amide bonds. The molecule has 1 aromatic heterocycles. The lowest BCUT2D eigenvalue weighted by atomic mass is 10.0. The third-order valence-electron chi connectivity index (χ3n) is 3.78. The van der Waals surface area contributed by atoms with Crippen LogP contribution in [0.3, 0.4) is 0 Å². The number of sulfone groups is 1. The number of pyridine rings is 1. The summed E-state index contributed by atoms with van der Waals surface area (Å²) in [5.74, 6) is 0.817. The number of rotatable bonds is 6. The Balaban J connectivity index is 3.08. The van der Waals surface area contributed by atoms with Crippen molar-refractivity contribution in [3.63, 3.8) is 0 Å². The Morgan fingerprint density at radius 3 is 2.45 bits per heavy atom. The number of hydrogen-bond acceptors (Lipinski definition) is 5. The number of nitrogens with zero attached hydrogens (tertiary/aromatic N) is 1. The minimum absolute atomic E-state index is 0.177. The highest BCUT2D eigenvalue weighted by Gasteiger charge is 2.26. The summed E-state index contributed by atoms with van der Waals surface area (Å²) >= 11 is 0. The van der Waals surface area contributed by atoms with Gasteiger partial charge in [0.2, 0.25) is 0 Å². The summed E-state index contributed by atoms with van der Waals surface area (Å²) < 4.78 is 28.8. The highest BCUT2D eigenvalue weighted by molar-refractivity contribution is 7.91. The summed E-state index contributed by atoms with van der Waals surface area (Å²) in [4.78, 5) is 4.42. The first-order chi connectivity index (χ1) is 9.22. The Labute approximate surface area is 121 Å². The Kier molecular flexibility index (Phi) is 5.53. The molecular formula is C14H24N2O3S. The number of nitrogens with one attached hydrogen (secondary N) is 1. The number of aromatic nitrogens is 1. The summed E-state index contributed by atoms with van der Waals surface area (Å²) in [6.45, 7) is 5.61. The average Bonchev–Trinajstić information content (AvgIpc) is 2.37. The molecule has 114 valence electrons. The zero-order chi connectivity index (χ0) is 15.5. The van der Waals surface area contributed by atoms with Crippen LogP contribution in [0.15, 0.2) is 6.20 Å². The summed E-state index contributed by atoms with van der Waals surface area (Å²) in [6.07, 6.45) is 3.57. The first-order valence-corrected chi connectivity index (χ1v) is 8.53. The van der Waals surface area contributed by atoms with Gasteiger partial charge in [0, 0.05) is 41.7 Å². The van der Waals surface area contributed by atoms with Crippen LogP contribution >= 0.6 is 0 Å². The molecule has 0 spiro atoms. The fourth-order valence-corrected chi connectivity index (χ4v) is 3.12. The zero-order valence-corrected chi connectivity index (χ0v) is 13.8. The van der Waals surface area contributed by atoms with Crippen molar-refractivity contribution < 1.29 is 13.2 Å².